The zero-order valence-electron chi connectivity index (χ0n) is 10.4. The molecular formula is C13H22N2O. The van der Waals surface area contributed by atoms with E-state index in [4.69, 9.17) is 10.8 Å². The van der Waals surface area contributed by atoms with Gasteiger partial charge in [0.05, 0.1) is 11.4 Å². The summed E-state index contributed by atoms with van der Waals surface area (Å²) in [7, 11) is 0. The van der Waals surface area contributed by atoms with Crippen LogP contribution in [0.3, 0.4) is 0 Å². The molecule has 4 N–H and O–H groups in total. The quantitative estimate of drug-likeness (QED) is 0.671. The maximum absolute atomic E-state index is 9.08. The minimum absolute atomic E-state index is 0.102. The standard InChI is InChI=1S/C13H22N2O/c1-4-13(3,8-9-16)15-12-10(2)6-5-7-11(12)14/h5-7,15-16H,4,8-9,14H2,1-3H3. The summed E-state index contributed by atoms with van der Waals surface area (Å²) < 4.78 is 0. The number of nitrogen functional groups attached to an aromatic ring is 1. The molecule has 0 bridgehead atoms. The summed E-state index contributed by atoms with van der Waals surface area (Å²) in [6.45, 7) is 6.43. The van der Waals surface area contributed by atoms with Gasteiger partial charge in [-0.05, 0) is 38.3 Å². The van der Waals surface area contributed by atoms with E-state index in [9.17, 15) is 0 Å². The minimum Gasteiger partial charge on any atom is -0.397 e. The van der Waals surface area contributed by atoms with Crippen molar-refractivity contribution in [3.05, 3.63) is 23.8 Å². The summed E-state index contributed by atoms with van der Waals surface area (Å²) in [6.07, 6.45) is 1.67. The van der Waals surface area contributed by atoms with E-state index < -0.39 is 0 Å². The Bertz CT molecular complexity index is 332. The van der Waals surface area contributed by atoms with Crippen molar-refractivity contribution in [2.45, 2.75) is 39.2 Å². The Kier molecular flexibility index (Phi) is 4.19. The molecule has 0 fully saturated rings. The van der Waals surface area contributed by atoms with Crippen molar-refractivity contribution >= 4 is 11.4 Å². The van der Waals surface area contributed by atoms with E-state index in [1.54, 1.807) is 0 Å². The molecule has 3 nitrogen and oxygen atoms in total. The molecule has 0 aliphatic rings. The fourth-order valence-corrected chi connectivity index (χ4v) is 1.74. The van der Waals surface area contributed by atoms with E-state index in [1.165, 1.54) is 0 Å². The zero-order chi connectivity index (χ0) is 12.2. The van der Waals surface area contributed by atoms with Gasteiger partial charge < -0.3 is 16.2 Å². The fourth-order valence-electron chi connectivity index (χ4n) is 1.74. The Labute approximate surface area is 97.7 Å². The molecule has 0 amide bonds. The number of hydrogen-bond donors (Lipinski definition) is 3. The molecule has 0 spiro atoms. The maximum atomic E-state index is 9.08. The highest BCUT2D eigenvalue weighted by Crippen LogP contribution is 2.28. The Morgan fingerprint density at radius 2 is 2.12 bits per heavy atom. The van der Waals surface area contributed by atoms with Crippen LogP contribution in [0.5, 0.6) is 0 Å². The lowest BCUT2D eigenvalue weighted by Gasteiger charge is -2.31. The molecule has 0 aliphatic carbocycles. The average Bonchev–Trinajstić information content (AvgIpc) is 2.24. The van der Waals surface area contributed by atoms with Crippen LogP contribution in [0.15, 0.2) is 18.2 Å². The van der Waals surface area contributed by atoms with Gasteiger partial charge in [-0.1, -0.05) is 19.1 Å². The second-order valence-electron chi connectivity index (χ2n) is 4.55. The lowest BCUT2D eigenvalue weighted by Crippen LogP contribution is -2.35. The Hall–Kier alpha value is -1.22. The second-order valence-corrected chi connectivity index (χ2v) is 4.55. The monoisotopic (exact) mass is 222 g/mol. The first-order valence-electron chi connectivity index (χ1n) is 5.76. The topological polar surface area (TPSA) is 58.3 Å². The van der Waals surface area contributed by atoms with Crippen LogP contribution in [-0.2, 0) is 0 Å². The number of rotatable bonds is 5. The summed E-state index contributed by atoms with van der Waals surface area (Å²) in [5.41, 5.74) is 8.74. The molecule has 0 saturated heterocycles. The van der Waals surface area contributed by atoms with Crippen LogP contribution in [0.4, 0.5) is 11.4 Å². The van der Waals surface area contributed by atoms with Crippen LogP contribution in [-0.4, -0.2) is 17.3 Å². The van der Waals surface area contributed by atoms with Gasteiger partial charge in [-0.2, -0.15) is 0 Å². The first-order valence-corrected chi connectivity index (χ1v) is 5.76. The number of aliphatic hydroxyl groups excluding tert-OH is 1. The smallest absolute Gasteiger partial charge is 0.0607 e. The molecular weight excluding hydrogens is 200 g/mol. The van der Waals surface area contributed by atoms with Crippen molar-refractivity contribution < 1.29 is 5.11 Å². The average molecular weight is 222 g/mol. The van der Waals surface area contributed by atoms with Crippen molar-refractivity contribution in [3.63, 3.8) is 0 Å². The molecule has 0 heterocycles. The summed E-state index contributed by atoms with van der Waals surface area (Å²) in [5.74, 6) is 0. The van der Waals surface area contributed by atoms with E-state index in [-0.39, 0.29) is 12.1 Å². The van der Waals surface area contributed by atoms with Gasteiger partial charge in [0.2, 0.25) is 0 Å². The van der Waals surface area contributed by atoms with Gasteiger partial charge in [0, 0.05) is 12.1 Å². The van der Waals surface area contributed by atoms with Crippen molar-refractivity contribution in [2.75, 3.05) is 17.7 Å². The van der Waals surface area contributed by atoms with Crippen LogP contribution in [0.2, 0.25) is 0 Å². The third-order valence-electron chi connectivity index (χ3n) is 3.18. The van der Waals surface area contributed by atoms with E-state index in [2.05, 4.69) is 19.2 Å². The van der Waals surface area contributed by atoms with Gasteiger partial charge in [-0.3, -0.25) is 0 Å². The molecule has 1 rings (SSSR count). The molecule has 0 aliphatic heterocycles. The zero-order valence-corrected chi connectivity index (χ0v) is 10.4. The highest BCUT2D eigenvalue weighted by atomic mass is 16.3. The third-order valence-corrected chi connectivity index (χ3v) is 3.18. The Morgan fingerprint density at radius 1 is 1.44 bits per heavy atom. The van der Waals surface area contributed by atoms with Gasteiger partial charge in [0.25, 0.3) is 0 Å². The van der Waals surface area contributed by atoms with Crippen LogP contribution in [0.25, 0.3) is 0 Å². The lowest BCUT2D eigenvalue weighted by molar-refractivity contribution is 0.252. The number of nitrogens with one attached hydrogen (secondary N) is 1. The van der Waals surface area contributed by atoms with Crippen molar-refractivity contribution in [1.29, 1.82) is 0 Å². The van der Waals surface area contributed by atoms with E-state index in [0.29, 0.717) is 0 Å². The number of para-hydroxylation sites is 1. The highest BCUT2D eigenvalue weighted by Gasteiger charge is 2.22. The maximum Gasteiger partial charge on any atom is 0.0607 e. The lowest BCUT2D eigenvalue weighted by atomic mass is 9.94. The normalized spacial score (nSPS) is 14.5. The number of benzene rings is 1. The van der Waals surface area contributed by atoms with Gasteiger partial charge in [-0.25, -0.2) is 0 Å². The van der Waals surface area contributed by atoms with Crippen molar-refractivity contribution in [2.24, 2.45) is 0 Å². The molecule has 90 valence electrons. The predicted molar refractivity (Wildman–Crippen MR) is 69.6 cm³/mol. The fraction of sp³-hybridized carbons (Fsp3) is 0.538. The SMILES string of the molecule is CCC(C)(CCO)Nc1c(C)cccc1N. The van der Waals surface area contributed by atoms with Crippen LogP contribution < -0.4 is 11.1 Å². The van der Waals surface area contributed by atoms with E-state index in [0.717, 1.165) is 29.8 Å². The minimum atomic E-state index is -0.102. The van der Waals surface area contributed by atoms with Crippen LogP contribution in [0.1, 0.15) is 32.3 Å². The molecule has 1 aromatic rings. The Balaban J connectivity index is 2.94. The first-order chi connectivity index (χ1) is 7.52. The molecule has 0 radical (unpaired) electrons. The highest BCUT2D eigenvalue weighted by molar-refractivity contribution is 5.70. The third kappa shape index (κ3) is 2.89. The van der Waals surface area contributed by atoms with E-state index in [1.807, 2.05) is 25.1 Å². The number of aliphatic hydroxyl groups is 1. The van der Waals surface area contributed by atoms with E-state index >= 15 is 0 Å². The molecule has 1 atom stereocenters. The summed E-state index contributed by atoms with van der Waals surface area (Å²) >= 11 is 0. The van der Waals surface area contributed by atoms with Crippen LogP contribution >= 0.6 is 0 Å². The Morgan fingerprint density at radius 3 is 2.62 bits per heavy atom. The summed E-state index contributed by atoms with van der Waals surface area (Å²) in [6, 6.07) is 5.88. The largest absolute Gasteiger partial charge is 0.397 e. The number of anilines is 2. The molecule has 0 saturated carbocycles. The summed E-state index contributed by atoms with van der Waals surface area (Å²) in [4.78, 5) is 0. The van der Waals surface area contributed by atoms with Crippen molar-refractivity contribution in [3.8, 4) is 0 Å². The van der Waals surface area contributed by atoms with Crippen LogP contribution in [0, 0.1) is 6.92 Å². The van der Waals surface area contributed by atoms with Crippen molar-refractivity contribution in [1.82, 2.24) is 0 Å². The molecule has 0 aromatic heterocycles. The summed E-state index contributed by atoms with van der Waals surface area (Å²) in [5, 5.41) is 12.5. The molecule has 3 heteroatoms. The molecule has 1 unspecified atom stereocenters. The van der Waals surface area contributed by atoms with Gasteiger partial charge in [0.15, 0.2) is 0 Å². The van der Waals surface area contributed by atoms with Gasteiger partial charge in [0.1, 0.15) is 0 Å². The predicted octanol–water partition coefficient (Wildman–Crippen LogP) is 2.54. The first kappa shape index (κ1) is 12.8. The second kappa shape index (κ2) is 5.21. The number of nitrogens with two attached hydrogens (primary N) is 1. The molecule has 16 heavy (non-hydrogen) atoms. The number of aryl methyl sites for hydroxylation is 1. The number of hydrogen-bond acceptors (Lipinski definition) is 3. The molecule has 1 aromatic carbocycles. The van der Waals surface area contributed by atoms with Gasteiger partial charge >= 0.3 is 0 Å². The van der Waals surface area contributed by atoms with Gasteiger partial charge in [-0.15, -0.1) is 0 Å².